The monoisotopic (exact) mass is 230 g/mol. The van der Waals surface area contributed by atoms with Crippen LogP contribution in [0.2, 0.25) is 0 Å². The van der Waals surface area contributed by atoms with Crippen molar-refractivity contribution >= 4 is 0 Å². The maximum absolute atomic E-state index is 5.68. The molecule has 0 aromatic carbocycles. The summed E-state index contributed by atoms with van der Waals surface area (Å²) in [6.07, 6.45) is 7.02. The van der Waals surface area contributed by atoms with Crippen molar-refractivity contribution in [3.63, 3.8) is 0 Å². The maximum atomic E-state index is 5.68. The molecule has 1 aliphatic carbocycles. The molecule has 0 radical (unpaired) electrons. The predicted octanol–water partition coefficient (Wildman–Crippen LogP) is 3.99. The molecule has 1 heterocycles. The lowest BCUT2D eigenvalue weighted by molar-refractivity contribution is 0.457. The molecule has 1 heteroatoms. The van der Waals surface area contributed by atoms with E-state index in [9.17, 15) is 0 Å². The molecule has 0 N–H and O–H groups in total. The summed E-state index contributed by atoms with van der Waals surface area (Å²) in [5.41, 5.74) is 2.20. The Morgan fingerprint density at radius 2 is 1.88 bits per heavy atom. The van der Waals surface area contributed by atoms with Crippen molar-refractivity contribution in [1.82, 2.24) is 0 Å². The van der Waals surface area contributed by atoms with Crippen LogP contribution in [-0.4, -0.2) is 0 Å². The molecule has 1 aliphatic rings. The summed E-state index contributed by atoms with van der Waals surface area (Å²) in [7, 11) is 0. The van der Waals surface area contributed by atoms with Crippen molar-refractivity contribution in [2.75, 3.05) is 0 Å². The van der Waals surface area contributed by atoms with Gasteiger partial charge in [0.1, 0.15) is 11.5 Å². The van der Waals surface area contributed by atoms with Gasteiger partial charge in [-0.15, -0.1) is 6.42 Å². The van der Waals surface area contributed by atoms with E-state index in [1.165, 1.54) is 5.56 Å². The molecular weight excluding hydrogens is 208 g/mol. The van der Waals surface area contributed by atoms with E-state index in [0.717, 1.165) is 23.9 Å². The van der Waals surface area contributed by atoms with Gasteiger partial charge in [0.15, 0.2) is 0 Å². The molecular formula is C16H22O. The van der Waals surface area contributed by atoms with E-state index in [2.05, 4.69) is 39.7 Å². The van der Waals surface area contributed by atoms with E-state index in [-0.39, 0.29) is 0 Å². The highest BCUT2D eigenvalue weighted by Gasteiger charge is 2.63. The van der Waals surface area contributed by atoms with Crippen molar-refractivity contribution in [3.05, 3.63) is 23.2 Å². The maximum Gasteiger partial charge on any atom is 0.116 e. The second kappa shape index (κ2) is 3.67. The van der Waals surface area contributed by atoms with Gasteiger partial charge < -0.3 is 4.42 Å². The third-order valence-electron chi connectivity index (χ3n) is 5.09. The Balaban J connectivity index is 2.14. The molecule has 1 fully saturated rings. The first kappa shape index (κ1) is 12.3. The number of aryl methyl sites for hydroxylation is 1. The molecule has 0 saturated heterocycles. The van der Waals surface area contributed by atoms with E-state index in [4.69, 9.17) is 10.8 Å². The molecule has 0 amide bonds. The van der Waals surface area contributed by atoms with Crippen LogP contribution in [0.25, 0.3) is 0 Å². The van der Waals surface area contributed by atoms with Gasteiger partial charge in [-0.25, -0.2) is 0 Å². The standard InChI is InChI=1S/C16H22O/c1-7-8-13-9-12(11(2)17-13)10-14-15(3,4)16(14,5)6/h1,9,14H,8,10H2,2-6H3. The summed E-state index contributed by atoms with van der Waals surface area (Å²) in [6, 6.07) is 2.14. The Morgan fingerprint density at radius 3 is 2.35 bits per heavy atom. The van der Waals surface area contributed by atoms with Crippen molar-refractivity contribution < 1.29 is 4.42 Å². The van der Waals surface area contributed by atoms with Crippen LogP contribution >= 0.6 is 0 Å². The smallest absolute Gasteiger partial charge is 0.116 e. The first-order chi connectivity index (χ1) is 7.80. The normalized spacial score (nSPS) is 21.2. The number of rotatable bonds is 3. The topological polar surface area (TPSA) is 13.1 Å². The second-order valence-electron chi connectivity index (χ2n) is 6.38. The highest BCUT2D eigenvalue weighted by molar-refractivity contribution is 5.27. The molecule has 0 spiro atoms. The van der Waals surface area contributed by atoms with Crippen LogP contribution in [0.15, 0.2) is 10.5 Å². The highest BCUT2D eigenvalue weighted by Crippen LogP contribution is 2.69. The Bertz CT molecular complexity index is 454. The van der Waals surface area contributed by atoms with Crippen LogP contribution in [0.4, 0.5) is 0 Å². The zero-order chi connectivity index (χ0) is 12.8. The average molecular weight is 230 g/mol. The summed E-state index contributed by atoms with van der Waals surface area (Å²) in [6.45, 7) is 11.5. The Hall–Kier alpha value is -1.16. The van der Waals surface area contributed by atoms with E-state index in [1.54, 1.807) is 0 Å². The Morgan fingerprint density at radius 1 is 1.29 bits per heavy atom. The van der Waals surface area contributed by atoms with E-state index >= 15 is 0 Å². The molecule has 1 aromatic heterocycles. The third kappa shape index (κ3) is 1.80. The minimum atomic E-state index is 0.434. The fourth-order valence-electron chi connectivity index (χ4n) is 3.04. The summed E-state index contributed by atoms with van der Waals surface area (Å²) in [5, 5.41) is 0. The number of hydrogen-bond acceptors (Lipinski definition) is 1. The predicted molar refractivity (Wildman–Crippen MR) is 70.7 cm³/mol. The van der Waals surface area contributed by atoms with Gasteiger partial charge in [0.05, 0.1) is 6.42 Å². The van der Waals surface area contributed by atoms with Crippen molar-refractivity contribution in [2.45, 2.75) is 47.5 Å². The number of terminal acetylenes is 1. The van der Waals surface area contributed by atoms with Gasteiger partial charge in [0.2, 0.25) is 0 Å². The van der Waals surface area contributed by atoms with Crippen LogP contribution < -0.4 is 0 Å². The van der Waals surface area contributed by atoms with E-state index in [1.807, 2.05) is 6.92 Å². The Kier molecular flexibility index (Phi) is 2.65. The molecule has 0 bridgehead atoms. The minimum Gasteiger partial charge on any atom is -0.465 e. The summed E-state index contributed by atoms with van der Waals surface area (Å²) < 4.78 is 5.68. The lowest BCUT2D eigenvalue weighted by Crippen LogP contribution is -1.95. The van der Waals surface area contributed by atoms with E-state index in [0.29, 0.717) is 17.3 Å². The van der Waals surface area contributed by atoms with Gasteiger partial charge in [-0.05, 0) is 41.7 Å². The second-order valence-corrected chi connectivity index (χ2v) is 6.38. The fourth-order valence-corrected chi connectivity index (χ4v) is 3.04. The average Bonchev–Trinajstić information content (AvgIpc) is 2.52. The third-order valence-corrected chi connectivity index (χ3v) is 5.09. The fraction of sp³-hybridized carbons (Fsp3) is 0.625. The number of furan rings is 1. The quantitative estimate of drug-likeness (QED) is 0.716. The van der Waals surface area contributed by atoms with Crippen LogP contribution in [0.3, 0.4) is 0 Å². The lowest BCUT2D eigenvalue weighted by atomic mass is 10.0. The zero-order valence-electron chi connectivity index (χ0n) is 11.6. The molecule has 1 nitrogen and oxygen atoms in total. The number of hydrogen-bond donors (Lipinski definition) is 0. The van der Waals surface area contributed by atoms with Crippen LogP contribution in [0, 0.1) is 36.0 Å². The molecule has 0 aliphatic heterocycles. The molecule has 0 atom stereocenters. The highest BCUT2D eigenvalue weighted by atomic mass is 16.3. The molecule has 92 valence electrons. The summed E-state index contributed by atoms with van der Waals surface area (Å²) in [4.78, 5) is 0. The lowest BCUT2D eigenvalue weighted by Gasteiger charge is -2.04. The van der Waals surface area contributed by atoms with Gasteiger partial charge in [0.25, 0.3) is 0 Å². The van der Waals surface area contributed by atoms with Gasteiger partial charge >= 0.3 is 0 Å². The molecule has 17 heavy (non-hydrogen) atoms. The molecule has 0 unspecified atom stereocenters. The van der Waals surface area contributed by atoms with E-state index < -0.39 is 0 Å². The molecule has 2 rings (SSSR count). The van der Waals surface area contributed by atoms with Gasteiger partial charge in [-0.3, -0.25) is 0 Å². The van der Waals surface area contributed by atoms with Crippen molar-refractivity contribution in [3.8, 4) is 12.3 Å². The van der Waals surface area contributed by atoms with Gasteiger partial charge in [0, 0.05) is 0 Å². The first-order valence-corrected chi connectivity index (χ1v) is 6.32. The first-order valence-electron chi connectivity index (χ1n) is 6.32. The van der Waals surface area contributed by atoms with Gasteiger partial charge in [-0.1, -0.05) is 33.6 Å². The molecule has 1 aromatic rings. The zero-order valence-corrected chi connectivity index (χ0v) is 11.6. The van der Waals surface area contributed by atoms with Crippen molar-refractivity contribution in [2.24, 2.45) is 16.7 Å². The van der Waals surface area contributed by atoms with Crippen LogP contribution in [0.1, 0.15) is 44.8 Å². The summed E-state index contributed by atoms with van der Waals surface area (Å²) in [5.74, 6) is 5.34. The van der Waals surface area contributed by atoms with Crippen molar-refractivity contribution in [1.29, 1.82) is 0 Å². The largest absolute Gasteiger partial charge is 0.465 e. The van der Waals surface area contributed by atoms with Crippen LogP contribution in [0.5, 0.6) is 0 Å². The summed E-state index contributed by atoms with van der Waals surface area (Å²) >= 11 is 0. The van der Waals surface area contributed by atoms with Crippen LogP contribution in [-0.2, 0) is 12.8 Å². The Labute approximate surface area is 105 Å². The minimum absolute atomic E-state index is 0.434. The SMILES string of the molecule is C#CCc1cc(CC2C(C)(C)C2(C)C)c(C)o1. The molecule has 1 saturated carbocycles. The van der Waals surface area contributed by atoms with Gasteiger partial charge in [-0.2, -0.15) is 0 Å².